The zero-order chi connectivity index (χ0) is 20.0. The summed E-state index contributed by atoms with van der Waals surface area (Å²) in [6.45, 7) is 5.91. The van der Waals surface area contributed by atoms with Gasteiger partial charge in [-0.15, -0.1) is 0 Å². The van der Waals surface area contributed by atoms with Gasteiger partial charge in [0.2, 0.25) is 5.91 Å². The Balaban J connectivity index is 1.74. The predicted octanol–water partition coefficient (Wildman–Crippen LogP) is 4.07. The van der Waals surface area contributed by atoms with Gasteiger partial charge in [0.05, 0.1) is 15.7 Å². The number of carbonyl (C=O) groups is 3. The number of anilines is 1. The number of halogens is 2. The Labute approximate surface area is 168 Å². The molecule has 1 aliphatic carbocycles. The topological polar surface area (TPSA) is 78.5 Å². The third-order valence-corrected chi connectivity index (χ3v) is 5.97. The monoisotopic (exact) mass is 411 g/mol. The highest BCUT2D eigenvalue weighted by atomic mass is 35.5. The molecule has 3 rings (SSSR count). The summed E-state index contributed by atoms with van der Waals surface area (Å²) in [5.41, 5.74) is -0.650. The van der Waals surface area contributed by atoms with Gasteiger partial charge in [-0.1, -0.05) is 50.0 Å². The zero-order valence-corrected chi connectivity index (χ0v) is 17.1. The van der Waals surface area contributed by atoms with Crippen LogP contribution in [0.4, 0.5) is 10.5 Å². The van der Waals surface area contributed by atoms with E-state index in [1.54, 1.807) is 18.2 Å². The number of benzene rings is 1. The highest BCUT2D eigenvalue weighted by Gasteiger charge is 2.56. The van der Waals surface area contributed by atoms with Crippen LogP contribution in [-0.4, -0.2) is 34.8 Å². The quantitative estimate of drug-likeness (QED) is 0.735. The van der Waals surface area contributed by atoms with E-state index in [2.05, 4.69) is 31.4 Å². The van der Waals surface area contributed by atoms with Crippen LogP contribution in [0.2, 0.25) is 10.0 Å². The molecule has 27 heavy (non-hydrogen) atoms. The normalized spacial score (nSPS) is 27.0. The summed E-state index contributed by atoms with van der Waals surface area (Å²) < 4.78 is 0. The Hall–Kier alpha value is -1.79. The molecule has 2 atom stereocenters. The average Bonchev–Trinajstić information content (AvgIpc) is 2.73. The molecule has 1 saturated carbocycles. The second-order valence-corrected chi connectivity index (χ2v) is 9.19. The van der Waals surface area contributed by atoms with Crippen LogP contribution >= 0.6 is 23.2 Å². The Bertz CT molecular complexity index is 811. The molecule has 0 aromatic heterocycles. The van der Waals surface area contributed by atoms with E-state index in [0.717, 1.165) is 11.3 Å². The van der Waals surface area contributed by atoms with Gasteiger partial charge < -0.3 is 10.6 Å². The molecular weight excluding hydrogens is 389 g/mol. The molecule has 1 heterocycles. The molecule has 1 aromatic carbocycles. The van der Waals surface area contributed by atoms with Gasteiger partial charge in [-0.3, -0.25) is 14.5 Å². The van der Waals surface area contributed by atoms with Crippen molar-refractivity contribution >= 4 is 46.7 Å². The molecule has 0 radical (unpaired) electrons. The minimum Gasteiger partial charge on any atom is -0.323 e. The van der Waals surface area contributed by atoms with Gasteiger partial charge in [-0.05, 0) is 42.7 Å². The fourth-order valence-corrected chi connectivity index (χ4v) is 4.93. The van der Waals surface area contributed by atoms with Crippen molar-refractivity contribution in [2.24, 2.45) is 11.3 Å². The average molecular weight is 412 g/mol. The van der Waals surface area contributed by atoms with Crippen LogP contribution < -0.4 is 10.6 Å². The van der Waals surface area contributed by atoms with Crippen LogP contribution in [-0.2, 0) is 9.59 Å². The van der Waals surface area contributed by atoms with Crippen molar-refractivity contribution in [2.45, 2.75) is 45.6 Å². The Kier molecular flexibility index (Phi) is 5.16. The maximum absolute atomic E-state index is 13.1. The van der Waals surface area contributed by atoms with Crippen LogP contribution in [0.5, 0.6) is 0 Å². The summed E-state index contributed by atoms with van der Waals surface area (Å²) in [7, 11) is 0. The first-order chi connectivity index (χ1) is 12.5. The molecular formula is C19H23Cl2N3O3. The van der Waals surface area contributed by atoms with Crippen molar-refractivity contribution in [1.29, 1.82) is 0 Å². The highest BCUT2D eigenvalue weighted by molar-refractivity contribution is 6.44. The van der Waals surface area contributed by atoms with E-state index in [4.69, 9.17) is 23.2 Å². The van der Waals surface area contributed by atoms with Gasteiger partial charge in [-0.2, -0.15) is 0 Å². The van der Waals surface area contributed by atoms with E-state index < -0.39 is 17.5 Å². The Morgan fingerprint density at radius 1 is 1.30 bits per heavy atom. The van der Waals surface area contributed by atoms with E-state index in [0.29, 0.717) is 29.5 Å². The maximum atomic E-state index is 13.1. The lowest BCUT2D eigenvalue weighted by Gasteiger charge is -2.43. The molecule has 146 valence electrons. The molecule has 2 aliphatic rings. The molecule has 0 unspecified atom stereocenters. The molecule has 2 fully saturated rings. The van der Waals surface area contributed by atoms with E-state index in [1.807, 2.05) is 0 Å². The van der Waals surface area contributed by atoms with Crippen LogP contribution in [0.3, 0.4) is 0 Å². The second kappa shape index (κ2) is 6.99. The third-order valence-electron chi connectivity index (χ3n) is 5.15. The summed E-state index contributed by atoms with van der Waals surface area (Å²) in [6, 6.07) is 4.33. The van der Waals surface area contributed by atoms with E-state index >= 15 is 0 Å². The summed E-state index contributed by atoms with van der Waals surface area (Å²) in [6.07, 6.45) is 2.14. The lowest BCUT2D eigenvalue weighted by molar-refractivity contribution is -0.136. The molecule has 2 N–H and O–H groups in total. The number of hydrogen-bond donors (Lipinski definition) is 2. The molecule has 4 amide bonds. The standard InChI is InChI=1S/C19H23Cl2N3O3/c1-11-7-18(2,3)10-19(8-11)16(26)24(17(27)23-19)9-14(25)22-13-6-4-5-12(20)15(13)21/h4-6,11H,7-10H2,1-3H3,(H,22,25)(H,23,27)/t11-,19-/m0/s1. The van der Waals surface area contributed by atoms with Gasteiger partial charge >= 0.3 is 6.03 Å². The van der Waals surface area contributed by atoms with Gasteiger partial charge in [-0.25, -0.2) is 4.79 Å². The summed E-state index contributed by atoms with van der Waals surface area (Å²) in [5.74, 6) is -0.542. The first kappa shape index (κ1) is 20.0. The van der Waals surface area contributed by atoms with E-state index in [9.17, 15) is 14.4 Å². The fourth-order valence-electron chi connectivity index (χ4n) is 4.58. The van der Waals surface area contributed by atoms with Crippen LogP contribution in [0.1, 0.15) is 40.0 Å². The van der Waals surface area contributed by atoms with E-state index in [-0.39, 0.29) is 22.9 Å². The number of hydrogen-bond acceptors (Lipinski definition) is 3. The lowest BCUT2D eigenvalue weighted by Crippen LogP contribution is -2.54. The summed E-state index contributed by atoms with van der Waals surface area (Å²) in [5, 5.41) is 5.98. The van der Waals surface area contributed by atoms with E-state index in [1.165, 1.54) is 0 Å². The Morgan fingerprint density at radius 2 is 2.00 bits per heavy atom. The van der Waals surface area contributed by atoms with Crippen molar-refractivity contribution in [3.63, 3.8) is 0 Å². The van der Waals surface area contributed by atoms with Crippen molar-refractivity contribution in [2.75, 3.05) is 11.9 Å². The van der Waals surface area contributed by atoms with Crippen molar-refractivity contribution in [3.8, 4) is 0 Å². The van der Waals surface area contributed by atoms with Crippen LogP contribution in [0, 0.1) is 11.3 Å². The highest BCUT2D eigenvalue weighted by Crippen LogP contribution is 2.46. The minimum absolute atomic E-state index is 0.0623. The summed E-state index contributed by atoms with van der Waals surface area (Å²) in [4.78, 5) is 38.9. The van der Waals surface area contributed by atoms with Crippen molar-refractivity contribution in [1.82, 2.24) is 10.2 Å². The summed E-state index contributed by atoms with van der Waals surface area (Å²) >= 11 is 12.0. The molecule has 6 nitrogen and oxygen atoms in total. The first-order valence-electron chi connectivity index (χ1n) is 8.91. The third kappa shape index (κ3) is 3.92. The molecule has 1 aliphatic heterocycles. The SMILES string of the molecule is C[C@H]1CC(C)(C)C[C@]2(C1)NC(=O)N(CC(=O)Nc1cccc(Cl)c1Cl)C2=O. The number of amides is 4. The van der Waals surface area contributed by atoms with Gasteiger partial charge in [0.25, 0.3) is 5.91 Å². The first-order valence-corrected chi connectivity index (χ1v) is 9.67. The molecule has 0 bridgehead atoms. The maximum Gasteiger partial charge on any atom is 0.325 e. The molecule has 1 saturated heterocycles. The number of imide groups is 1. The largest absolute Gasteiger partial charge is 0.325 e. The number of rotatable bonds is 3. The van der Waals surface area contributed by atoms with Crippen LogP contribution in [0.15, 0.2) is 18.2 Å². The van der Waals surface area contributed by atoms with Gasteiger partial charge in [0.1, 0.15) is 12.1 Å². The molecule has 1 spiro atoms. The fraction of sp³-hybridized carbons (Fsp3) is 0.526. The van der Waals surface area contributed by atoms with Gasteiger partial charge in [0, 0.05) is 0 Å². The predicted molar refractivity (Wildman–Crippen MR) is 105 cm³/mol. The second-order valence-electron chi connectivity index (χ2n) is 8.41. The number of carbonyl (C=O) groups excluding carboxylic acids is 3. The lowest BCUT2D eigenvalue weighted by atomic mass is 9.64. The van der Waals surface area contributed by atoms with Crippen molar-refractivity contribution < 1.29 is 14.4 Å². The molecule has 1 aromatic rings. The zero-order valence-electron chi connectivity index (χ0n) is 15.6. The number of nitrogens with one attached hydrogen (secondary N) is 2. The van der Waals surface area contributed by atoms with Gasteiger partial charge in [0.15, 0.2) is 0 Å². The Morgan fingerprint density at radius 3 is 2.67 bits per heavy atom. The number of urea groups is 1. The van der Waals surface area contributed by atoms with Crippen molar-refractivity contribution in [3.05, 3.63) is 28.2 Å². The number of nitrogens with zero attached hydrogens (tertiary/aromatic N) is 1. The van der Waals surface area contributed by atoms with Crippen LogP contribution in [0.25, 0.3) is 0 Å². The smallest absolute Gasteiger partial charge is 0.323 e. The minimum atomic E-state index is -0.924. The molecule has 8 heteroatoms.